The van der Waals surface area contributed by atoms with Crippen LogP contribution in [0.1, 0.15) is 11.1 Å². The van der Waals surface area contributed by atoms with Crippen molar-refractivity contribution in [2.75, 3.05) is 20.8 Å². The van der Waals surface area contributed by atoms with E-state index in [1.54, 1.807) is 25.3 Å². The van der Waals surface area contributed by atoms with Gasteiger partial charge in [0.05, 0.1) is 25.3 Å². The van der Waals surface area contributed by atoms with E-state index in [-0.39, 0.29) is 6.61 Å². The van der Waals surface area contributed by atoms with Crippen LogP contribution in [0.2, 0.25) is 0 Å². The summed E-state index contributed by atoms with van der Waals surface area (Å²) in [5.41, 5.74) is 1.99. The zero-order chi connectivity index (χ0) is 12.7. The average Bonchev–Trinajstić information content (AvgIpc) is 2.38. The van der Waals surface area contributed by atoms with E-state index in [0.717, 1.165) is 5.56 Å². The SMILES string of the molecule is COCC(=CC(=O)OC)c1cccc(C#N)c1. The van der Waals surface area contributed by atoms with Gasteiger partial charge in [-0.15, -0.1) is 0 Å². The molecule has 88 valence electrons. The fraction of sp³-hybridized carbons (Fsp3) is 0.231. The Morgan fingerprint density at radius 3 is 2.82 bits per heavy atom. The zero-order valence-corrected chi connectivity index (χ0v) is 9.77. The maximum Gasteiger partial charge on any atom is 0.330 e. The first kappa shape index (κ1) is 12.9. The third-order valence-electron chi connectivity index (χ3n) is 2.16. The van der Waals surface area contributed by atoms with Gasteiger partial charge >= 0.3 is 5.97 Å². The Balaban J connectivity index is 3.09. The highest BCUT2D eigenvalue weighted by molar-refractivity contribution is 5.91. The normalized spacial score (nSPS) is 10.8. The highest BCUT2D eigenvalue weighted by Gasteiger charge is 2.05. The predicted octanol–water partition coefficient (Wildman–Crippen LogP) is 1.76. The molecule has 0 spiro atoms. The summed E-state index contributed by atoms with van der Waals surface area (Å²) in [4.78, 5) is 11.2. The molecule has 17 heavy (non-hydrogen) atoms. The lowest BCUT2D eigenvalue weighted by atomic mass is 10.0. The molecule has 0 aliphatic rings. The first-order valence-corrected chi connectivity index (χ1v) is 4.99. The second-order valence-corrected chi connectivity index (χ2v) is 3.32. The minimum Gasteiger partial charge on any atom is -0.466 e. The summed E-state index contributed by atoms with van der Waals surface area (Å²) in [6.45, 7) is 0.282. The van der Waals surface area contributed by atoms with E-state index in [1.165, 1.54) is 13.2 Å². The number of nitrogens with zero attached hydrogens (tertiary/aromatic N) is 1. The van der Waals surface area contributed by atoms with Crippen LogP contribution in [0.3, 0.4) is 0 Å². The lowest BCUT2D eigenvalue weighted by Gasteiger charge is -2.06. The molecular weight excluding hydrogens is 218 g/mol. The molecule has 0 heterocycles. The number of benzene rings is 1. The van der Waals surface area contributed by atoms with Gasteiger partial charge in [0.1, 0.15) is 0 Å². The minimum absolute atomic E-state index is 0.282. The number of hydrogen-bond acceptors (Lipinski definition) is 4. The van der Waals surface area contributed by atoms with Gasteiger partial charge in [0.15, 0.2) is 0 Å². The van der Waals surface area contributed by atoms with Crippen LogP contribution in [-0.2, 0) is 14.3 Å². The van der Waals surface area contributed by atoms with Gasteiger partial charge in [-0.1, -0.05) is 12.1 Å². The van der Waals surface area contributed by atoms with E-state index in [9.17, 15) is 4.79 Å². The number of nitriles is 1. The summed E-state index contributed by atoms with van der Waals surface area (Å²) in [6.07, 6.45) is 1.36. The third kappa shape index (κ3) is 3.74. The minimum atomic E-state index is -0.445. The van der Waals surface area contributed by atoms with Crippen molar-refractivity contribution in [3.05, 3.63) is 41.5 Å². The van der Waals surface area contributed by atoms with E-state index < -0.39 is 5.97 Å². The van der Waals surface area contributed by atoms with Gasteiger partial charge in [-0.25, -0.2) is 4.79 Å². The lowest BCUT2D eigenvalue weighted by molar-refractivity contribution is -0.134. The van der Waals surface area contributed by atoms with Crippen molar-refractivity contribution in [1.29, 1.82) is 5.26 Å². The summed E-state index contributed by atoms with van der Waals surface area (Å²) in [7, 11) is 2.86. The second-order valence-electron chi connectivity index (χ2n) is 3.32. The van der Waals surface area contributed by atoms with Crippen LogP contribution in [0, 0.1) is 11.3 Å². The first-order valence-electron chi connectivity index (χ1n) is 4.99. The number of esters is 1. The molecule has 4 nitrogen and oxygen atoms in total. The van der Waals surface area contributed by atoms with E-state index in [2.05, 4.69) is 4.74 Å². The van der Waals surface area contributed by atoms with Gasteiger partial charge in [-0.05, 0) is 23.3 Å². The second kappa shape index (κ2) is 6.46. The van der Waals surface area contributed by atoms with Crippen molar-refractivity contribution < 1.29 is 14.3 Å². The Hall–Kier alpha value is -2.12. The molecule has 0 aliphatic heterocycles. The molecule has 1 aromatic rings. The van der Waals surface area contributed by atoms with Crippen molar-refractivity contribution in [3.8, 4) is 6.07 Å². The summed E-state index contributed by atoms with van der Waals surface area (Å²) in [5, 5.41) is 8.81. The van der Waals surface area contributed by atoms with E-state index in [0.29, 0.717) is 11.1 Å². The third-order valence-corrected chi connectivity index (χ3v) is 2.16. The van der Waals surface area contributed by atoms with Crippen molar-refractivity contribution in [1.82, 2.24) is 0 Å². The molecule has 0 aliphatic carbocycles. The standard InChI is InChI=1S/C13H13NO3/c1-16-9-12(7-13(15)17-2)11-5-3-4-10(6-11)8-14/h3-7H,9H2,1-2H3. The van der Waals surface area contributed by atoms with Crippen LogP contribution in [-0.4, -0.2) is 26.8 Å². The Morgan fingerprint density at radius 2 is 2.24 bits per heavy atom. The maximum absolute atomic E-state index is 11.2. The molecule has 0 amide bonds. The molecule has 0 radical (unpaired) electrons. The maximum atomic E-state index is 11.2. The Morgan fingerprint density at radius 1 is 1.47 bits per heavy atom. The van der Waals surface area contributed by atoms with Crippen molar-refractivity contribution >= 4 is 11.5 Å². The fourth-order valence-corrected chi connectivity index (χ4v) is 1.35. The monoisotopic (exact) mass is 231 g/mol. The van der Waals surface area contributed by atoms with Crippen LogP contribution in [0.5, 0.6) is 0 Å². The van der Waals surface area contributed by atoms with Gasteiger partial charge in [0.2, 0.25) is 0 Å². The molecule has 0 unspecified atom stereocenters. The van der Waals surface area contributed by atoms with Gasteiger partial charge in [0.25, 0.3) is 0 Å². The van der Waals surface area contributed by atoms with Gasteiger partial charge < -0.3 is 9.47 Å². The Labute approximate surface area is 100 Å². The largest absolute Gasteiger partial charge is 0.466 e. The smallest absolute Gasteiger partial charge is 0.330 e. The molecular formula is C13H13NO3. The summed E-state index contributed by atoms with van der Waals surface area (Å²) >= 11 is 0. The van der Waals surface area contributed by atoms with Crippen molar-refractivity contribution in [2.24, 2.45) is 0 Å². The molecule has 0 saturated carbocycles. The summed E-state index contributed by atoms with van der Waals surface area (Å²) < 4.78 is 9.59. The Bertz CT molecular complexity index is 472. The number of carbonyl (C=O) groups excluding carboxylic acids is 1. The lowest BCUT2D eigenvalue weighted by Crippen LogP contribution is -2.01. The summed E-state index contributed by atoms with van der Waals surface area (Å²) in [5.74, 6) is -0.445. The molecule has 0 saturated heterocycles. The van der Waals surface area contributed by atoms with Crippen LogP contribution >= 0.6 is 0 Å². The van der Waals surface area contributed by atoms with Crippen LogP contribution < -0.4 is 0 Å². The summed E-state index contributed by atoms with van der Waals surface area (Å²) in [6, 6.07) is 9.02. The van der Waals surface area contributed by atoms with Gasteiger partial charge in [-0.2, -0.15) is 5.26 Å². The number of rotatable bonds is 4. The van der Waals surface area contributed by atoms with E-state index in [4.69, 9.17) is 10.00 Å². The van der Waals surface area contributed by atoms with Crippen LogP contribution in [0.4, 0.5) is 0 Å². The highest BCUT2D eigenvalue weighted by Crippen LogP contribution is 2.16. The molecule has 0 fully saturated rings. The Kier molecular flexibility index (Phi) is 4.92. The van der Waals surface area contributed by atoms with E-state index >= 15 is 0 Å². The topological polar surface area (TPSA) is 59.3 Å². The molecule has 0 N–H and O–H groups in total. The molecule has 1 rings (SSSR count). The predicted molar refractivity (Wildman–Crippen MR) is 63.0 cm³/mol. The van der Waals surface area contributed by atoms with Crippen molar-refractivity contribution in [2.45, 2.75) is 0 Å². The number of hydrogen-bond donors (Lipinski definition) is 0. The van der Waals surface area contributed by atoms with Crippen LogP contribution in [0.15, 0.2) is 30.3 Å². The molecule has 4 heteroatoms. The number of carbonyl (C=O) groups is 1. The van der Waals surface area contributed by atoms with Gasteiger partial charge in [0, 0.05) is 13.2 Å². The molecule has 0 aromatic heterocycles. The fourth-order valence-electron chi connectivity index (χ4n) is 1.35. The van der Waals surface area contributed by atoms with E-state index in [1.807, 2.05) is 12.1 Å². The highest BCUT2D eigenvalue weighted by atomic mass is 16.5. The number of ether oxygens (including phenoxy) is 2. The molecule has 1 aromatic carbocycles. The molecule has 0 atom stereocenters. The van der Waals surface area contributed by atoms with Crippen molar-refractivity contribution in [3.63, 3.8) is 0 Å². The number of methoxy groups -OCH3 is 2. The zero-order valence-electron chi connectivity index (χ0n) is 9.77. The first-order chi connectivity index (χ1) is 8.21. The van der Waals surface area contributed by atoms with Gasteiger partial charge in [-0.3, -0.25) is 0 Å². The average molecular weight is 231 g/mol. The van der Waals surface area contributed by atoms with Crippen LogP contribution in [0.25, 0.3) is 5.57 Å². The molecule has 0 bridgehead atoms. The quantitative estimate of drug-likeness (QED) is 0.585.